The smallest absolute Gasteiger partial charge is 0.241 e. The third-order valence-electron chi connectivity index (χ3n) is 2.67. The van der Waals surface area contributed by atoms with E-state index in [1.165, 1.54) is 11.0 Å². The zero-order valence-electron chi connectivity index (χ0n) is 11.7. The third kappa shape index (κ3) is 5.09. The molecule has 1 N–H and O–H groups in total. The van der Waals surface area contributed by atoms with Crippen LogP contribution < -0.4 is 14.8 Å². The normalized spacial score (nSPS) is 10.1. The highest BCUT2D eigenvalue weighted by atomic mass is 16.5. The number of tetrazole rings is 1. The lowest BCUT2D eigenvalue weighted by Gasteiger charge is -2.08. The molecule has 21 heavy (non-hydrogen) atoms. The molecule has 8 nitrogen and oxygen atoms in total. The number of hydrogen-bond acceptors (Lipinski definition) is 6. The lowest BCUT2D eigenvalue weighted by molar-refractivity contribution is -0.121. The fourth-order valence-electron chi connectivity index (χ4n) is 1.62. The van der Waals surface area contributed by atoms with Crippen molar-refractivity contribution in [2.45, 2.75) is 13.0 Å². The number of aromatic nitrogens is 4. The maximum Gasteiger partial charge on any atom is 0.241 e. The van der Waals surface area contributed by atoms with E-state index in [0.717, 1.165) is 11.5 Å². The maximum absolute atomic E-state index is 11.5. The van der Waals surface area contributed by atoms with Crippen LogP contribution in [0.2, 0.25) is 0 Å². The van der Waals surface area contributed by atoms with Crippen molar-refractivity contribution in [2.75, 3.05) is 20.3 Å². The molecule has 0 aliphatic heterocycles. The zero-order chi connectivity index (χ0) is 14.9. The molecule has 8 heteroatoms. The molecular formula is C13H17N5O3. The number of carbonyl (C=O) groups excluding carboxylic acids is 1. The maximum atomic E-state index is 11.5. The fraction of sp³-hybridized carbons (Fsp3) is 0.385. The van der Waals surface area contributed by atoms with Crippen molar-refractivity contribution in [1.29, 1.82) is 0 Å². The molecule has 0 atom stereocenters. The van der Waals surface area contributed by atoms with Crippen molar-refractivity contribution in [2.24, 2.45) is 0 Å². The first-order chi connectivity index (χ1) is 10.3. The summed E-state index contributed by atoms with van der Waals surface area (Å²) in [6.45, 7) is 1.18. The topological polar surface area (TPSA) is 91.2 Å². The lowest BCUT2D eigenvalue weighted by atomic mass is 10.3. The van der Waals surface area contributed by atoms with Gasteiger partial charge < -0.3 is 14.8 Å². The Kier molecular flexibility index (Phi) is 5.50. The van der Waals surface area contributed by atoms with Gasteiger partial charge in [0.1, 0.15) is 24.4 Å². The van der Waals surface area contributed by atoms with Gasteiger partial charge in [-0.25, -0.2) is 4.68 Å². The molecule has 0 saturated carbocycles. The standard InChI is InChI=1S/C13H17N5O3/c1-20-11-3-5-12(6-4-11)21-8-2-7-14-13(19)9-18-10-15-16-17-18/h3-6,10H,2,7-9H2,1H3,(H,14,19). The summed E-state index contributed by atoms with van der Waals surface area (Å²) in [5, 5.41) is 13.3. The van der Waals surface area contributed by atoms with E-state index in [1.807, 2.05) is 24.3 Å². The van der Waals surface area contributed by atoms with Gasteiger partial charge in [0.05, 0.1) is 13.7 Å². The SMILES string of the molecule is COc1ccc(OCCCNC(=O)Cn2cnnn2)cc1. The van der Waals surface area contributed by atoms with Crippen LogP contribution in [0.25, 0.3) is 0 Å². The molecule has 1 aromatic carbocycles. The molecule has 0 saturated heterocycles. The van der Waals surface area contributed by atoms with Crippen molar-refractivity contribution in [3.63, 3.8) is 0 Å². The minimum Gasteiger partial charge on any atom is -0.497 e. The molecule has 1 aromatic heterocycles. The first-order valence-electron chi connectivity index (χ1n) is 6.52. The Morgan fingerprint density at radius 2 is 2.05 bits per heavy atom. The first-order valence-corrected chi connectivity index (χ1v) is 6.52. The van der Waals surface area contributed by atoms with Crippen molar-refractivity contribution < 1.29 is 14.3 Å². The molecule has 0 bridgehead atoms. The largest absolute Gasteiger partial charge is 0.497 e. The van der Waals surface area contributed by atoms with Gasteiger partial charge in [0.2, 0.25) is 5.91 Å². The van der Waals surface area contributed by atoms with E-state index in [-0.39, 0.29) is 12.5 Å². The number of ether oxygens (including phenoxy) is 2. The van der Waals surface area contributed by atoms with Gasteiger partial charge >= 0.3 is 0 Å². The van der Waals surface area contributed by atoms with Crippen LogP contribution in [0.15, 0.2) is 30.6 Å². The third-order valence-corrected chi connectivity index (χ3v) is 2.67. The highest BCUT2D eigenvalue weighted by molar-refractivity contribution is 5.75. The van der Waals surface area contributed by atoms with E-state index >= 15 is 0 Å². The van der Waals surface area contributed by atoms with E-state index in [4.69, 9.17) is 9.47 Å². The molecule has 0 unspecified atom stereocenters. The molecule has 2 aromatic rings. The van der Waals surface area contributed by atoms with Crippen molar-refractivity contribution >= 4 is 5.91 Å². The average Bonchev–Trinajstić information content (AvgIpc) is 3.00. The molecular weight excluding hydrogens is 274 g/mol. The summed E-state index contributed by atoms with van der Waals surface area (Å²) in [5.74, 6) is 1.43. The number of carbonyl (C=O) groups is 1. The number of nitrogens with zero attached hydrogens (tertiary/aromatic N) is 4. The van der Waals surface area contributed by atoms with Gasteiger partial charge in [0.25, 0.3) is 0 Å². The lowest BCUT2D eigenvalue weighted by Crippen LogP contribution is -2.29. The Labute approximate surface area is 122 Å². The second-order valence-electron chi connectivity index (χ2n) is 4.23. The highest BCUT2D eigenvalue weighted by Gasteiger charge is 2.02. The van der Waals surface area contributed by atoms with Gasteiger partial charge in [-0.2, -0.15) is 0 Å². The summed E-state index contributed by atoms with van der Waals surface area (Å²) in [5.41, 5.74) is 0. The number of nitrogens with one attached hydrogen (secondary N) is 1. The molecule has 1 heterocycles. The van der Waals surface area contributed by atoms with Crippen LogP contribution in [0.3, 0.4) is 0 Å². The summed E-state index contributed by atoms with van der Waals surface area (Å²) in [7, 11) is 1.62. The number of benzene rings is 1. The second-order valence-corrected chi connectivity index (χ2v) is 4.23. The minimum absolute atomic E-state index is 0.117. The van der Waals surface area contributed by atoms with Crippen LogP contribution in [0.1, 0.15) is 6.42 Å². The Bertz CT molecular complexity index is 541. The first kappa shape index (κ1) is 14.8. The Balaban J connectivity index is 1.58. The monoisotopic (exact) mass is 291 g/mol. The van der Waals surface area contributed by atoms with E-state index in [1.54, 1.807) is 7.11 Å². The highest BCUT2D eigenvalue weighted by Crippen LogP contribution is 2.16. The van der Waals surface area contributed by atoms with Crippen molar-refractivity contribution in [1.82, 2.24) is 25.5 Å². The van der Waals surface area contributed by atoms with Crippen LogP contribution in [0.4, 0.5) is 0 Å². The van der Waals surface area contributed by atoms with Crippen molar-refractivity contribution in [3.05, 3.63) is 30.6 Å². The summed E-state index contributed by atoms with van der Waals surface area (Å²) < 4.78 is 12.0. The van der Waals surface area contributed by atoms with Crippen LogP contribution in [0.5, 0.6) is 11.5 Å². The molecule has 112 valence electrons. The molecule has 0 fully saturated rings. The predicted octanol–water partition coefficient (Wildman–Crippen LogP) is 0.267. The van der Waals surface area contributed by atoms with Gasteiger partial charge in [-0.1, -0.05) is 0 Å². The van der Waals surface area contributed by atoms with Gasteiger partial charge in [-0.15, -0.1) is 5.10 Å². The zero-order valence-corrected chi connectivity index (χ0v) is 11.7. The summed E-state index contributed by atoms with van der Waals surface area (Å²) in [6.07, 6.45) is 2.11. The summed E-state index contributed by atoms with van der Waals surface area (Å²) >= 11 is 0. The van der Waals surface area contributed by atoms with Crippen molar-refractivity contribution in [3.8, 4) is 11.5 Å². The molecule has 0 aliphatic carbocycles. The van der Waals surface area contributed by atoms with Crippen LogP contribution in [0, 0.1) is 0 Å². The Morgan fingerprint density at radius 1 is 1.29 bits per heavy atom. The van der Waals surface area contributed by atoms with Crippen LogP contribution in [-0.2, 0) is 11.3 Å². The molecule has 0 aliphatic rings. The predicted molar refractivity (Wildman–Crippen MR) is 73.9 cm³/mol. The van der Waals surface area contributed by atoms with E-state index < -0.39 is 0 Å². The quantitative estimate of drug-likeness (QED) is 0.702. The number of methoxy groups -OCH3 is 1. The minimum atomic E-state index is -0.133. The number of amides is 1. The fourth-order valence-corrected chi connectivity index (χ4v) is 1.62. The van der Waals surface area contributed by atoms with Gasteiger partial charge in [-0.05, 0) is 41.1 Å². The van der Waals surface area contributed by atoms with Crippen LogP contribution in [-0.4, -0.2) is 46.4 Å². The summed E-state index contributed by atoms with van der Waals surface area (Å²) in [6, 6.07) is 7.36. The molecule has 1 amide bonds. The van der Waals surface area contributed by atoms with Gasteiger partial charge in [0.15, 0.2) is 0 Å². The molecule has 2 rings (SSSR count). The van der Waals surface area contributed by atoms with E-state index in [2.05, 4.69) is 20.8 Å². The Hall–Kier alpha value is -2.64. The van der Waals surface area contributed by atoms with Gasteiger partial charge in [-0.3, -0.25) is 4.79 Å². The molecule has 0 spiro atoms. The summed E-state index contributed by atoms with van der Waals surface area (Å²) in [4.78, 5) is 11.5. The van der Waals surface area contributed by atoms with E-state index in [9.17, 15) is 4.79 Å². The average molecular weight is 291 g/mol. The Morgan fingerprint density at radius 3 is 2.71 bits per heavy atom. The van der Waals surface area contributed by atoms with Gasteiger partial charge in [0, 0.05) is 6.54 Å². The number of rotatable bonds is 8. The van der Waals surface area contributed by atoms with E-state index in [0.29, 0.717) is 19.6 Å². The second kappa shape index (κ2) is 7.83. The molecule has 0 radical (unpaired) electrons. The van der Waals surface area contributed by atoms with Crippen LogP contribution >= 0.6 is 0 Å². The number of hydrogen-bond donors (Lipinski definition) is 1.